The second kappa shape index (κ2) is 6.04. The van der Waals surface area contributed by atoms with Crippen LogP contribution in [0.2, 0.25) is 0 Å². The molecule has 6 heteroatoms. The minimum Gasteiger partial charge on any atom is -0.385 e. The number of anilines is 1. The normalized spacial score (nSPS) is 14.0. The maximum absolute atomic E-state index is 13.5. The van der Waals surface area contributed by atoms with E-state index in [1.807, 2.05) is 6.07 Å². The van der Waals surface area contributed by atoms with Crippen molar-refractivity contribution in [3.05, 3.63) is 35.2 Å². The van der Waals surface area contributed by atoms with Crippen molar-refractivity contribution in [3.63, 3.8) is 0 Å². The van der Waals surface area contributed by atoms with E-state index in [9.17, 15) is 8.78 Å². The molecule has 1 aliphatic heterocycles. The largest absolute Gasteiger partial charge is 0.385 e. The van der Waals surface area contributed by atoms with Gasteiger partial charge in [0.25, 0.3) is 6.43 Å². The first-order chi connectivity index (χ1) is 10.6. The molecule has 0 radical (unpaired) electrons. The molecule has 2 heterocycles. The molecular formula is C16H19F2N3O. The number of alkyl halides is 2. The van der Waals surface area contributed by atoms with Crippen molar-refractivity contribution in [2.75, 3.05) is 19.0 Å². The summed E-state index contributed by atoms with van der Waals surface area (Å²) in [4.78, 5) is 0. The summed E-state index contributed by atoms with van der Waals surface area (Å²) in [5.74, 6) is 0. The Morgan fingerprint density at radius 3 is 2.91 bits per heavy atom. The van der Waals surface area contributed by atoms with Gasteiger partial charge < -0.3 is 10.1 Å². The zero-order valence-corrected chi connectivity index (χ0v) is 12.7. The zero-order chi connectivity index (χ0) is 15.7. The fraction of sp³-hybridized carbons (Fsp3) is 0.438. The first kappa shape index (κ1) is 15.0. The number of aryl methyl sites for hydroxylation is 2. The molecular weight excluding hydrogens is 288 g/mol. The van der Waals surface area contributed by atoms with Crippen molar-refractivity contribution >= 4 is 5.69 Å². The highest BCUT2D eigenvalue weighted by Crippen LogP contribution is 2.38. The van der Waals surface area contributed by atoms with E-state index in [1.165, 1.54) is 0 Å². The first-order valence-corrected chi connectivity index (χ1v) is 7.31. The Labute approximate surface area is 128 Å². The standard InChI is InChI=1S/C16H19F2N3O/c1-21-8-13(15(20-21)9-22-2)11-6-10-4-3-5-19-14(10)7-12(11)16(17)18/h6-8,16,19H,3-5,9H2,1-2H3. The summed E-state index contributed by atoms with van der Waals surface area (Å²) < 4.78 is 33.8. The number of benzene rings is 1. The van der Waals surface area contributed by atoms with Gasteiger partial charge in [0.15, 0.2) is 0 Å². The van der Waals surface area contributed by atoms with Gasteiger partial charge in [0.2, 0.25) is 0 Å². The van der Waals surface area contributed by atoms with Crippen LogP contribution in [0.1, 0.15) is 29.7 Å². The van der Waals surface area contributed by atoms with Gasteiger partial charge in [-0.25, -0.2) is 8.78 Å². The number of aromatic nitrogens is 2. The third-order valence-corrected chi connectivity index (χ3v) is 3.93. The Morgan fingerprint density at radius 2 is 2.18 bits per heavy atom. The van der Waals surface area contributed by atoms with Crippen molar-refractivity contribution < 1.29 is 13.5 Å². The molecule has 1 aromatic carbocycles. The number of rotatable bonds is 4. The van der Waals surface area contributed by atoms with E-state index in [-0.39, 0.29) is 5.56 Å². The van der Waals surface area contributed by atoms with Gasteiger partial charge in [-0.2, -0.15) is 5.10 Å². The predicted molar refractivity (Wildman–Crippen MR) is 81.1 cm³/mol. The third-order valence-electron chi connectivity index (χ3n) is 3.93. The summed E-state index contributed by atoms with van der Waals surface area (Å²) in [5.41, 5.74) is 3.89. The molecule has 0 amide bonds. The van der Waals surface area contributed by atoms with E-state index in [2.05, 4.69) is 10.4 Å². The van der Waals surface area contributed by atoms with E-state index in [1.54, 1.807) is 31.1 Å². The molecule has 22 heavy (non-hydrogen) atoms. The molecule has 0 unspecified atom stereocenters. The lowest BCUT2D eigenvalue weighted by Gasteiger charge is -2.21. The van der Waals surface area contributed by atoms with Gasteiger partial charge in [0, 0.05) is 43.7 Å². The maximum Gasteiger partial charge on any atom is 0.264 e. The highest BCUT2D eigenvalue weighted by atomic mass is 19.3. The van der Waals surface area contributed by atoms with Crippen LogP contribution in [0.25, 0.3) is 11.1 Å². The molecule has 0 atom stereocenters. The van der Waals surface area contributed by atoms with Crippen LogP contribution in [-0.2, 0) is 24.8 Å². The molecule has 1 aliphatic rings. The summed E-state index contributed by atoms with van der Waals surface area (Å²) in [5, 5.41) is 7.52. The zero-order valence-electron chi connectivity index (χ0n) is 12.7. The Kier molecular flexibility index (Phi) is 4.11. The van der Waals surface area contributed by atoms with Crippen LogP contribution in [0.5, 0.6) is 0 Å². The minimum atomic E-state index is -2.53. The highest BCUT2D eigenvalue weighted by Gasteiger charge is 2.22. The molecule has 0 saturated carbocycles. The number of nitrogens with zero attached hydrogens (tertiary/aromatic N) is 2. The molecule has 2 aromatic rings. The minimum absolute atomic E-state index is 0.0403. The Bertz CT molecular complexity index is 682. The molecule has 1 aromatic heterocycles. The molecule has 0 aliphatic carbocycles. The van der Waals surface area contributed by atoms with Crippen LogP contribution in [-0.4, -0.2) is 23.4 Å². The van der Waals surface area contributed by atoms with Gasteiger partial charge in [-0.05, 0) is 36.1 Å². The molecule has 1 N–H and O–H groups in total. The molecule has 3 rings (SSSR count). The monoisotopic (exact) mass is 307 g/mol. The van der Waals surface area contributed by atoms with Crippen LogP contribution in [0.3, 0.4) is 0 Å². The predicted octanol–water partition coefficient (Wildman–Crippen LogP) is 3.53. The Balaban J connectivity index is 2.16. The Morgan fingerprint density at radius 1 is 1.36 bits per heavy atom. The number of hydrogen-bond acceptors (Lipinski definition) is 3. The van der Waals surface area contributed by atoms with Crippen LogP contribution in [0.15, 0.2) is 18.3 Å². The quantitative estimate of drug-likeness (QED) is 0.939. The number of hydrogen-bond donors (Lipinski definition) is 1. The van der Waals surface area contributed by atoms with E-state index < -0.39 is 6.43 Å². The lowest BCUT2D eigenvalue weighted by atomic mass is 9.93. The first-order valence-electron chi connectivity index (χ1n) is 7.31. The molecule has 118 valence electrons. The van der Waals surface area contributed by atoms with Crippen LogP contribution >= 0.6 is 0 Å². The SMILES string of the molecule is COCc1nn(C)cc1-c1cc2c(cc1C(F)F)NCCC2. The molecule has 4 nitrogen and oxygen atoms in total. The second-order valence-corrected chi connectivity index (χ2v) is 5.52. The van der Waals surface area contributed by atoms with Gasteiger partial charge in [0.1, 0.15) is 0 Å². The van der Waals surface area contributed by atoms with E-state index in [0.29, 0.717) is 23.4 Å². The van der Waals surface area contributed by atoms with E-state index >= 15 is 0 Å². The summed E-state index contributed by atoms with van der Waals surface area (Å²) in [6.07, 6.45) is 1.16. The average Bonchev–Trinajstić information content (AvgIpc) is 2.87. The summed E-state index contributed by atoms with van der Waals surface area (Å²) >= 11 is 0. The summed E-state index contributed by atoms with van der Waals surface area (Å²) in [7, 11) is 3.36. The fourth-order valence-corrected chi connectivity index (χ4v) is 2.95. The molecule has 0 fully saturated rings. The lowest BCUT2D eigenvalue weighted by molar-refractivity contribution is 0.152. The van der Waals surface area contributed by atoms with Gasteiger partial charge in [-0.1, -0.05) is 0 Å². The number of methoxy groups -OCH3 is 1. The van der Waals surface area contributed by atoms with Crippen LogP contribution < -0.4 is 5.32 Å². The summed E-state index contributed by atoms with van der Waals surface area (Å²) in [6.45, 7) is 1.13. The topological polar surface area (TPSA) is 39.1 Å². The number of fused-ring (bicyclic) bond motifs is 1. The molecule has 0 spiro atoms. The molecule has 0 bridgehead atoms. The van der Waals surface area contributed by atoms with E-state index in [0.717, 1.165) is 30.6 Å². The average molecular weight is 307 g/mol. The number of ether oxygens (including phenoxy) is 1. The van der Waals surface area contributed by atoms with Crippen LogP contribution in [0, 0.1) is 0 Å². The highest BCUT2D eigenvalue weighted by molar-refractivity contribution is 5.74. The van der Waals surface area contributed by atoms with Crippen molar-refractivity contribution in [2.24, 2.45) is 7.05 Å². The van der Waals surface area contributed by atoms with Crippen LogP contribution in [0.4, 0.5) is 14.5 Å². The van der Waals surface area contributed by atoms with Gasteiger partial charge in [-0.3, -0.25) is 4.68 Å². The van der Waals surface area contributed by atoms with E-state index in [4.69, 9.17) is 4.74 Å². The van der Waals surface area contributed by atoms with Crippen molar-refractivity contribution in [3.8, 4) is 11.1 Å². The second-order valence-electron chi connectivity index (χ2n) is 5.52. The third kappa shape index (κ3) is 2.70. The van der Waals surface area contributed by atoms with Crippen molar-refractivity contribution in [1.29, 1.82) is 0 Å². The van der Waals surface area contributed by atoms with Gasteiger partial charge >= 0.3 is 0 Å². The molecule has 0 saturated heterocycles. The fourth-order valence-electron chi connectivity index (χ4n) is 2.95. The maximum atomic E-state index is 13.5. The van der Waals surface area contributed by atoms with Crippen molar-refractivity contribution in [1.82, 2.24) is 9.78 Å². The van der Waals surface area contributed by atoms with Gasteiger partial charge in [0.05, 0.1) is 12.3 Å². The van der Waals surface area contributed by atoms with Crippen molar-refractivity contribution in [2.45, 2.75) is 25.9 Å². The lowest BCUT2D eigenvalue weighted by Crippen LogP contribution is -2.12. The smallest absolute Gasteiger partial charge is 0.264 e. The summed E-state index contributed by atoms with van der Waals surface area (Å²) in [6, 6.07) is 3.46. The number of halogens is 2. The Hall–Kier alpha value is -1.95. The van der Waals surface area contributed by atoms with Gasteiger partial charge in [-0.15, -0.1) is 0 Å². The number of nitrogens with one attached hydrogen (secondary N) is 1.